The van der Waals surface area contributed by atoms with E-state index < -0.39 is 23.6 Å². The monoisotopic (exact) mass is 302 g/mol. The second-order valence-corrected chi connectivity index (χ2v) is 4.20. The molecule has 8 nitrogen and oxygen atoms in total. The summed E-state index contributed by atoms with van der Waals surface area (Å²) in [5.74, 6) is -3.80. The van der Waals surface area contributed by atoms with Crippen LogP contribution in [0.4, 0.5) is 11.4 Å². The molecule has 8 heteroatoms. The maximum Gasteiger partial charge on any atom is 0.356 e. The highest BCUT2D eigenvalue weighted by Crippen LogP contribution is 2.24. The number of pyridine rings is 1. The first-order valence-electron chi connectivity index (χ1n) is 5.96. The lowest BCUT2D eigenvalue weighted by molar-refractivity contribution is 0.0681. The van der Waals surface area contributed by atoms with Gasteiger partial charge in [-0.2, -0.15) is 0 Å². The van der Waals surface area contributed by atoms with Crippen LogP contribution in [0.3, 0.4) is 0 Å². The summed E-state index contributed by atoms with van der Waals surface area (Å²) in [5, 5.41) is 29.7. The lowest BCUT2D eigenvalue weighted by atomic mass is 10.1. The number of carboxylic acid groups (broad SMARTS) is 3. The Morgan fingerprint density at radius 2 is 1.50 bits per heavy atom. The molecule has 0 aliphatic heterocycles. The van der Waals surface area contributed by atoms with Crippen LogP contribution in [-0.2, 0) is 0 Å². The fourth-order valence-electron chi connectivity index (χ4n) is 1.77. The summed E-state index contributed by atoms with van der Waals surface area (Å²) in [4.78, 5) is 36.8. The molecule has 2 rings (SSSR count). The lowest BCUT2D eigenvalue weighted by Gasteiger charge is -2.12. The van der Waals surface area contributed by atoms with E-state index in [9.17, 15) is 14.4 Å². The van der Waals surface area contributed by atoms with E-state index in [4.69, 9.17) is 15.3 Å². The van der Waals surface area contributed by atoms with Gasteiger partial charge in [0.05, 0.1) is 16.8 Å². The molecule has 112 valence electrons. The third-order valence-electron chi connectivity index (χ3n) is 2.79. The van der Waals surface area contributed by atoms with Crippen LogP contribution >= 0.6 is 0 Å². The van der Waals surface area contributed by atoms with Gasteiger partial charge in [0.15, 0.2) is 5.69 Å². The zero-order valence-corrected chi connectivity index (χ0v) is 11.0. The molecule has 0 bridgehead atoms. The molecule has 0 atom stereocenters. The second-order valence-electron chi connectivity index (χ2n) is 4.20. The maximum atomic E-state index is 11.2. The van der Waals surface area contributed by atoms with Gasteiger partial charge in [-0.15, -0.1) is 0 Å². The van der Waals surface area contributed by atoms with Crippen molar-refractivity contribution in [2.75, 3.05) is 5.32 Å². The number of nitrogens with one attached hydrogen (secondary N) is 1. The number of carbonyl (C=O) groups is 3. The molecule has 0 saturated heterocycles. The van der Waals surface area contributed by atoms with Crippen molar-refractivity contribution in [3.05, 3.63) is 53.3 Å². The molecule has 4 N–H and O–H groups in total. The van der Waals surface area contributed by atoms with Gasteiger partial charge in [-0.25, -0.2) is 19.4 Å². The van der Waals surface area contributed by atoms with Gasteiger partial charge in [0.1, 0.15) is 0 Å². The highest BCUT2D eigenvalue weighted by atomic mass is 16.4. The van der Waals surface area contributed by atoms with E-state index in [2.05, 4.69) is 10.3 Å². The summed E-state index contributed by atoms with van der Waals surface area (Å²) in [6, 6.07) is 6.58. The first-order valence-corrected chi connectivity index (χ1v) is 5.96. The Labute approximate surface area is 123 Å². The molecule has 0 unspecified atom stereocenters. The van der Waals surface area contributed by atoms with Crippen LogP contribution in [0, 0.1) is 0 Å². The van der Waals surface area contributed by atoms with Crippen molar-refractivity contribution >= 4 is 29.3 Å². The number of aromatic nitrogens is 1. The molecular weight excluding hydrogens is 292 g/mol. The Morgan fingerprint density at radius 3 is 2.00 bits per heavy atom. The van der Waals surface area contributed by atoms with Crippen LogP contribution in [0.25, 0.3) is 0 Å². The minimum Gasteiger partial charge on any atom is -0.478 e. The molecule has 1 heterocycles. The van der Waals surface area contributed by atoms with Crippen molar-refractivity contribution in [1.82, 2.24) is 4.98 Å². The molecule has 1 aromatic heterocycles. The van der Waals surface area contributed by atoms with Gasteiger partial charge in [-0.1, -0.05) is 0 Å². The van der Waals surface area contributed by atoms with Crippen molar-refractivity contribution in [1.29, 1.82) is 0 Å². The first-order chi connectivity index (χ1) is 10.4. The number of hydrogen-bond acceptors (Lipinski definition) is 5. The van der Waals surface area contributed by atoms with Gasteiger partial charge in [0.2, 0.25) is 0 Å². The van der Waals surface area contributed by atoms with Crippen LogP contribution in [0.1, 0.15) is 31.2 Å². The SMILES string of the molecule is O=C(O)c1ccc(Nc2c(C(=O)O)ccnc2C(=O)O)cc1. The average Bonchev–Trinajstić information content (AvgIpc) is 2.47. The van der Waals surface area contributed by atoms with E-state index in [0.717, 1.165) is 6.20 Å². The maximum absolute atomic E-state index is 11.2. The van der Waals surface area contributed by atoms with Gasteiger partial charge in [0.25, 0.3) is 0 Å². The summed E-state index contributed by atoms with van der Waals surface area (Å²) in [6.45, 7) is 0. The van der Waals surface area contributed by atoms with E-state index in [1.165, 1.54) is 30.3 Å². The van der Waals surface area contributed by atoms with Gasteiger partial charge in [-0.05, 0) is 30.3 Å². The molecular formula is C14H10N2O6. The largest absolute Gasteiger partial charge is 0.478 e. The standard InChI is InChI=1S/C14H10N2O6/c17-12(18)7-1-3-8(4-2-7)16-10-9(13(19)20)5-6-15-11(10)14(21)22/h1-6,16H,(H,17,18)(H,19,20)(H,21,22). The predicted molar refractivity (Wildman–Crippen MR) is 74.8 cm³/mol. The molecule has 22 heavy (non-hydrogen) atoms. The van der Waals surface area contributed by atoms with Crippen LogP contribution < -0.4 is 5.32 Å². The van der Waals surface area contributed by atoms with E-state index >= 15 is 0 Å². The normalized spacial score (nSPS) is 10.0. The van der Waals surface area contributed by atoms with Gasteiger partial charge in [0, 0.05) is 11.9 Å². The lowest BCUT2D eigenvalue weighted by Crippen LogP contribution is -2.11. The quantitative estimate of drug-likeness (QED) is 0.657. The Hall–Kier alpha value is -3.42. The minimum absolute atomic E-state index is 0.0497. The van der Waals surface area contributed by atoms with E-state index in [-0.39, 0.29) is 16.8 Å². The van der Waals surface area contributed by atoms with E-state index in [1.807, 2.05) is 0 Å². The van der Waals surface area contributed by atoms with Gasteiger partial charge < -0.3 is 20.6 Å². The van der Waals surface area contributed by atoms with Crippen molar-refractivity contribution in [3.8, 4) is 0 Å². The zero-order valence-electron chi connectivity index (χ0n) is 11.0. The molecule has 0 aliphatic rings. The molecule has 0 fully saturated rings. The van der Waals surface area contributed by atoms with Gasteiger partial charge in [-0.3, -0.25) is 0 Å². The number of aromatic carboxylic acids is 3. The summed E-state index contributed by atoms with van der Waals surface area (Å²) < 4.78 is 0. The first kappa shape index (κ1) is 15.0. The minimum atomic E-state index is -1.38. The van der Waals surface area contributed by atoms with Crippen molar-refractivity contribution in [2.24, 2.45) is 0 Å². The summed E-state index contributed by atoms with van der Waals surface area (Å²) in [6.07, 6.45) is 1.09. The molecule has 0 aliphatic carbocycles. The molecule has 1 aromatic carbocycles. The number of nitrogens with zero attached hydrogens (tertiary/aromatic N) is 1. The van der Waals surface area contributed by atoms with E-state index in [0.29, 0.717) is 5.69 Å². The number of hydrogen-bond donors (Lipinski definition) is 4. The topological polar surface area (TPSA) is 137 Å². The molecule has 0 spiro atoms. The second kappa shape index (κ2) is 5.92. The molecule has 2 aromatic rings. The molecule has 0 saturated carbocycles. The molecule has 0 radical (unpaired) electrons. The smallest absolute Gasteiger partial charge is 0.356 e. The summed E-state index contributed by atoms with van der Waals surface area (Å²) >= 11 is 0. The molecule has 0 amide bonds. The number of benzene rings is 1. The van der Waals surface area contributed by atoms with E-state index in [1.54, 1.807) is 0 Å². The Morgan fingerprint density at radius 1 is 0.864 bits per heavy atom. The van der Waals surface area contributed by atoms with Crippen LogP contribution in [-0.4, -0.2) is 38.2 Å². The van der Waals surface area contributed by atoms with Crippen LogP contribution in [0.5, 0.6) is 0 Å². The average molecular weight is 302 g/mol. The third-order valence-corrected chi connectivity index (χ3v) is 2.79. The van der Waals surface area contributed by atoms with Crippen molar-refractivity contribution in [2.45, 2.75) is 0 Å². The number of carboxylic acids is 3. The highest BCUT2D eigenvalue weighted by molar-refractivity contribution is 6.02. The third kappa shape index (κ3) is 3.01. The fourth-order valence-corrected chi connectivity index (χ4v) is 1.77. The Kier molecular flexibility index (Phi) is 4.03. The van der Waals surface area contributed by atoms with Crippen LogP contribution in [0.2, 0.25) is 0 Å². The zero-order chi connectivity index (χ0) is 16.3. The number of anilines is 2. The predicted octanol–water partition coefficient (Wildman–Crippen LogP) is 1.92. The van der Waals surface area contributed by atoms with Crippen molar-refractivity contribution < 1.29 is 29.7 Å². The Bertz CT molecular complexity index is 722. The van der Waals surface area contributed by atoms with Crippen LogP contribution in [0.15, 0.2) is 36.5 Å². The van der Waals surface area contributed by atoms with Gasteiger partial charge >= 0.3 is 17.9 Å². The fraction of sp³-hybridized carbons (Fsp3) is 0. The van der Waals surface area contributed by atoms with Crippen molar-refractivity contribution in [3.63, 3.8) is 0 Å². The summed E-state index contributed by atoms with van der Waals surface area (Å²) in [7, 11) is 0. The number of rotatable bonds is 5. The summed E-state index contributed by atoms with van der Waals surface area (Å²) in [5.41, 5.74) is -0.487. The Balaban J connectivity index is 2.45. The highest BCUT2D eigenvalue weighted by Gasteiger charge is 2.20.